The van der Waals surface area contributed by atoms with Crippen LogP contribution in [-0.2, 0) is 0 Å². The van der Waals surface area contributed by atoms with E-state index >= 15 is 0 Å². The molecule has 1 saturated heterocycles. The van der Waals surface area contributed by atoms with Crippen LogP contribution in [0.1, 0.15) is 6.42 Å². The maximum atomic E-state index is 9.36. The van der Waals surface area contributed by atoms with Crippen molar-refractivity contribution < 1.29 is 20.4 Å². The van der Waals surface area contributed by atoms with E-state index in [4.69, 9.17) is 5.11 Å². The van der Waals surface area contributed by atoms with Crippen molar-refractivity contribution in [1.82, 2.24) is 5.32 Å². The minimum Gasteiger partial charge on any atom is -0.395 e. The van der Waals surface area contributed by atoms with Crippen LogP contribution in [0, 0.1) is 0 Å². The van der Waals surface area contributed by atoms with Crippen LogP contribution in [0.2, 0.25) is 0 Å². The molecule has 0 aromatic rings. The van der Waals surface area contributed by atoms with Crippen molar-refractivity contribution in [3.8, 4) is 0 Å². The summed E-state index contributed by atoms with van der Waals surface area (Å²) in [5.41, 5.74) is 0. The minimum atomic E-state index is -1.17. The van der Waals surface area contributed by atoms with E-state index in [1.807, 2.05) is 0 Å². The third-order valence-corrected chi connectivity index (χ3v) is 2.20. The molecule has 0 saturated carbocycles. The largest absolute Gasteiger partial charge is 0.395 e. The lowest BCUT2D eigenvalue weighted by atomic mass is 10.0. The molecule has 1 aliphatic rings. The molecule has 1 heterocycles. The highest BCUT2D eigenvalue weighted by molar-refractivity contribution is 4.88. The molecule has 0 aromatic heterocycles. The number of hydrogen-bond acceptors (Lipinski definition) is 5. The van der Waals surface area contributed by atoms with Crippen molar-refractivity contribution in [3.05, 3.63) is 0 Å². The standard InChI is InChI=1S/C7H15NO4/c9-3-4-6(11)7(12)5(10)1-2-8-4/h4-12H,1-3H2/t4-,5+,6-,7+/m1/s1. The van der Waals surface area contributed by atoms with E-state index in [1.165, 1.54) is 0 Å². The Balaban J connectivity index is 2.59. The molecular formula is C7H15NO4. The second-order valence-corrected chi connectivity index (χ2v) is 3.08. The average molecular weight is 177 g/mol. The van der Waals surface area contributed by atoms with Gasteiger partial charge in [-0.05, 0) is 13.0 Å². The predicted octanol–water partition coefficient (Wildman–Crippen LogP) is -2.58. The van der Waals surface area contributed by atoms with E-state index in [0.717, 1.165) is 0 Å². The Bertz CT molecular complexity index is 141. The molecule has 0 radical (unpaired) electrons. The van der Waals surface area contributed by atoms with Crippen LogP contribution in [0.3, 0.4) is 0 Å². The summed E-state index contributed by atoms with van der Waals surface area (Å²) in [6.07, 6.45) is -2.80. The van der Waals surface area contributed by atoms with Crippen molar-refractivity contribution in [2.24, 2.45) is 0 Å². The molecule has 1 aliphatic heterocycles. The number of aliphatic hydroxyl groups is 4. The molecule has 72 valence electrons. The Morgan fingerprint density at radius 2 is 1.83 bits per heavy atom. The van der Waals surface area contributed by atoms with Crippen molar-refractivity contribution in [2.45, 2.75) is 30.8 Å². The van der Waals surface area contributed by atoms with Gasteiger partial charge in [-0.15, -0.1) is 0 Å². The van der Waals surface area contributed by atoms with E-state index in [2.05, 4.69) is 5.32 Å². The van der Waals surface area contributed by atoms with E-state index < -0.39 is 24.4 Å². The fraction of sp³-hybridized carbons (Fsp3) is 1.00. The molecule has 1 rings (SSSR count). The monoisotopic (exact) mass is 177 g/mol. The fourth-order valence-corrected chi connectivity index (χ4v) is 1.35. The van der Waals surface area contributed by atoms with Gasteiger partial charge >= 0.3 is 0 Å². The van der Waals surface area contributed by atoms with Gasteiger partial charge in [0.05, 0.1) is 24.9 Å². The highest BCUT2D eigenvalue weighted by Gasteiger charge is 2.33. The van der Waals surface area contributed by atoms with Crippen LogP contribution in [-0.4, -0.2) is 57.9 Å². The van der Waals surface area contributed by atoms with Crippen LogP contribution < -0.4 is 5.32 Å². The van der Waals surface area contributed by atoms with Gasteiger partial charge in [-0.2, -0.15) is 0 Å². The average Bonchev–Trinajstić information content (AvgIpc) is 2.19. The molecule has 5 N–H and O–H groups in total. The molecule has 0 aromatic carbocycles. The topological polar surface area (TPSA) is 93.0 Å². The molecule has 5 nitrogen and oxygen atoms in total. The van der Waals surface area contributed by atoms with E-state index in [9.17, 15) is 15.3 Å². The van der Waals surface area contributed by atoms with Gasteiger partial charge in [-0.25, -0.2) is 0 Å². The zero-order valence-corrected chi connectivity index (χ0v) is 6.72. The van der Waals surface area contributed by atoms with E-state index in [1.54, 1.807) is 0 Å². The Hall–Kier alpha value is -0.200. The van der Waals surface area contributed by atoms with E-state index in [-0.39, 0.29) is 6.61 Å². The lowest BCUT2D eigenvalue weighted by Gasteiger charge is -2.24. The maximum absolute atomic E-state index is 9.36. The maximum Gasteiger partial charge on any atom is 0.107 e. The number of nitrogens with one attached hydrogen (secondary N) is 1. The van der Waals surface area contributed by atoms with E-state index in [0.29, 0.717) is 13.0 Å². The molecule has 4 atom stereocenters. The summed E-state index contributed by atoms with van der Waals surface area (Å²) in [5.74, 6) is 0. The van der Waals surface area contributed by atoms with Gasteiger partial charge in [0, 0.05) is 0 Å². The highest BCUT2D eigenvalue weighted by atomic mass is 16.4. The van der Waals surface area contributed by atoms with Gasteiger partial charge in [0.15, 0.2) is 0 Å². The molecule has 0 spiro atoms. The summed E-state index contributed by atoms with van der Waals surface area (Å²) in [7, 11) is 0. The van der Waals surface area contributed by atoms with Crippen LogP contribution in [0.15, 0.2) is 0 Å². The SMILES string of the molecule is OC[C@H]1NCC[C@H](O)[C@H](O)[C@@H]1O. The summed E-state index contributed by atoms with van der Waals surface area (Å²) >= 11 is 0. The van der Waals surface area contributed by atoms with Gasteiger partial charge in [0.1, 0.15) is 6.10 Å². The van der Waals surface area contributed by atoms with Crippen LogP contribution in [0.4, 0.5) is 0 Å². The van der Waals surface area contributed by atoms with Gasteiger partial charge < -0.3 is 25.7 Å². The summed E-state index contributed by atoms with van der Waals surface area (Å²) < 4.78 is 0. The lowest BCUT2D eigenvalue weighted by Crippen LogP contribution is -2.48. The van der Waals surface area contributed by atoms with Crippen LogP contribution in [0.25, 0.3) is 0 Å². The first-order chi connectivity index (χ1) is 5.66. The molecule has 12 heavy (non-hydrogen) atoms. The molecule has 5 heteroatoms. The summed E-state index contributed by atoms with van der Waals surface area (Å²) in [4.78, 5) is 0. The molecular weight excluding hydrogens is 162 g/mol. The van der Waals surface area contributed by atoms with Crippen molar-refractivity contribution >= 4 is 0 Å². The Kier molecular flexibility index (Phi) is 3.42. The van der Waals surface area contributed by atoms with Gasteiger partial charge in [-0.3, -0.25) is 0 Å². The first kappa shape index (κ1) is 9.88. The van der Waals surface area contributed by atoms with Gasteiger partial charge in [0.2, 0.25) is 0 Å². The fourth-order valence-electron chi connectivity index (χ4n) is 1.35. The molecule has 0 aliphatic carbocycles. The third kappa shape index (κ3) is 1.94. The number of hydrogen-bond donors (Lipinski definition) is 5. The van der Waals surface area contributed by atoms with Crippen LogP contribution >= 0.6 is 0 Å². The van der Waals surface area contributed by atoms with Gasteiger partial charge in [0.25, 0.3) is 0 Å². The smallest absolute Gasteiger partial charge is 0.107 e. The first-order valence-corrected chi connectivity index (χ1v) is 4.05. The summed E-state index contributed by atoms with van der Waals surface area (Å²) in [6, 6.07) is -0.544. The van der Waals surface area contributed by atoms with Crippen molar-refractivity contribution in [1.29, 1.82) is 0 Å². The van der Waals surface area contributed by atoms with Gasteiger partial charge in [-0.1, -0.05) is 0 Å². The molecule has 1 fully saturated rings. The number of aliphatic hydroxyl groups excluding tert-OH is 4. The van der Waals surface area contributed by atoms with Crippen LogP contribution in [0.5, 0.6) is 0 Å². The Labute approximate surface area is 70.6 Å². The lowest BCUT2D eigenvalue weighted by molar-refractivity contribution is -0.0674. The Morgan fingerprint density at radius 1 is 1.17 bits per heavy atom. The quantitative estimate of drug-likeness (QED) is 0.303. The first-order valence-electron chi connectivity index (χ1n) is 4.05. The molecule has 0 unspecified atom stereocenters. The molecule has 0 amide bonds. The van der Waals surface area contributed by atoms with Crippen molar-refractivity contribution in [2.75, 3.05) is 13.2 Å². The molecule has 0 bridgehead atoms. The second-order valence-electron chi connectivity index (χ2n) is 3.08. The third-order valence-electron chi connectivity index (χ3n) is 2.20. The zero-order chi connectivity index (χ0) is 9.14. The number of rotatable bonds is 1. The Morgan fingerprint density at radius 3 is 2.42 bits per heavy atom. The second kappa shape index (κ2) is 4.15. The van der Waals surface area contributed by atoms with Crippen molar-refractivity contribution in [3.63, 3.8) is 0 Å². The highest BCUT2D eigenvalue weighted by Crippen LogP contribution is 2.11. The predicted molar refractivity (Wildman–Crippen MR) is 41.5 cm³/mol. The zero-order valence-electron chi connectivity index (χ0n) is 6.72. The summed E-state index contributed by atoms with van der Waals surface area (Å²) in [5, 5.41) is 39.4. The summed E-state index contributed by atoms with van der Waals surface area (Å²) in [6.45, 7) is 0.242. The minimum absolute atomic E-state index is 0.245. The normalized spacial score (nSPS) is 44.0.